The number of hydrogen-bond donors (Lipinski definition) is 0. The van der Waals surface area contributed by atoms with Gasteiger partial charge in [0.2, 0.25) is 0 Å². The van der Waals surface area contributed by atoms with Crippen molar-refractivity contribution in [3.05, 3.63) is 18.1 Å². The minimum absolute atomic E-state index is 0.675. The highest BCUT2D eigenvalue weighted by Crippen LogP contribution is 2.24. The van der Waals surface area contributed by atoms with Crippen LogP contribution in [0.3, 0.4) is 0 Å². The van der Waals surface area contributed by atoms with E-state index in [2.05, 4.69) is 30.9 Å². The summed E-state index contributed by atoms with van der Waals surface area (Å²) in [5.74, 6) is 1.85. The molecule has 2 saturated heterocycles. The van der Waals surface area contributed by atoms with Gasteiger partial charge in [0, 0.05) is 30.9 Å². The van der Waals surface area contributed by atoms with Crippen LogP contribution in [0, 0.1) is 6.92 Å². The molecule has 0 bridgehead atoms. The molecule has 4 heterocycles. The highest BCUT2D eigenvalue weighted by Gasteiger charge is 2.27. The first-order valence-electron chi connectivity index (χ1n) is 8.97. The lowest BCUT2D eigenvalue weighted by Gasteiger charge is -2.40. The summed E-state index contributed by atoms with van der Waals surface area (Å²) in [7, 11) is 0. The van der Waals surface area contributed by atoms with E-state index in [0.717, 1.165) is 24.6 Å². The van der Waals surface area contributed by atoms with E-state index < -0.39 is 0 Å². The second-order valence-corrected chi connectivity index (χ2v) is 6.92. The fourth-order valence-electron chi connectivity index (χ4n) is 4.06. The summed E-state index contributed by atoms with van der Waals surface area (Å²) in [6, 6.07) is 2.82. The molecule has 23 heavy (non-hydrogen) atoms. The molecule has 2 aromatic rings. The largest absolute Gasteiger partial charge is 0.355 e. The summed E-state index contributed by atoms with van der Waals surface area (Å²) in [6.45, 7) is 6.77. The van der Waals surface area contributed by atoms with Crippen LogP contribution in [0.5, 0.6) is 0 Å². The summed E-state index contributed by atoms with van der Waals surface area (Å²) in [5, 5.41) is 4.38. The van der Waals surface area contributed by atoms with E-state index in [1.165, 1.54) is 51.6 Å². The Labute approximate surface area is 137 Å². The SMILES string of the molecule is Cc1cc(N2CCCC(N3CCCCCC3)C2)n2ncnc2n1. The molecule has 2 fully saturated rings. The van der Waals surface area contributed by atoms with Gasteiger partial charge in [-0.05, 0) is 45.7 Å². The number of aromatic nitrogens is 4. The van der Waals surface area contributed by atoms with Crippen LogP contribution in [0.4, 0.5) is 5.82 Å². The molecular formula is C17H26N6. The number of fused-ring (bicyclic) bond motifs is 1. The molecule has 1 atom stereocenters. The lowest BCUT2D eigenvalue weighted by Crippen LogP contribution is -2.48. The molecule has 4 rings (SSSR count). The smallest absolute Gasteiger partial charge is 0.254 e. The van der Waals surface area contributed by atoms with Crippen molar-refractivity contribution >= 4 is 11.6 Å². The third-order valence-corrected chi connectivity index (χ3v) is 5.24. The molecule has 0 aliphatic carbocycles. The topological polar surface area (TPSA) is 49.6 Å². The predicted octanol–water partition coefficient (Wildman–Crippen LogP) is 2.28. The summed E-state index contributed by atoms with van der Waals surface area (Å²) in [4.78, 5) is 13.9. The Kier molecular flexibility index (Phi) is 4.16. The number of hydrogen-bond acceptors (Lipinski definition) is 5. The molecule has 2 aliphatic rings. The van der Waals surface area contributed by atoms with Crippen LogP contribution in [0.15, 0.2) is 12.4 Å². The molecule has 0 aromatic carbocycles. The molecule has 0 radical (unpaired) electrons. The van der Waals surface area contributed by atoms with E-state index in [0.29, 0.717) is 11.8 Å². The Morgan fingerprint density at radius 1 is 1.04 bits per heavy atom. The zero-order valence-electron chi connectivity index (χ0n) is 14.0. The number of rotatable bonds is 2. The summed E-state index contributed by atoms with van der Waals surface area (Å²) in [6.07, 6.45) is 9.68. The van der Waals surface area contributed by atoms with E-state index in [4.69, 9.17) is 0 Å². The van der Waals surface area contributed by atoms with Crippen LogP contribution in [-0.4, -0.2) is 56.7 Å². The van der Waals surface area contributed by atoms with Crippen LogP contribution in [0.25, 0.3) is 5.78 Å². The Morgan fingerprint density at radius 3 is 2.70 bits per heavy atom. The standard InChI is InChI=1S/C17H26N6/c1-14-11-16(23-17(20-14)18-13-19-23)22-10-6-7-15(12-22)21-8-4-2-3-5-9-21/h11,13,15H,2-10,12H2,1H3. The van der Waals surface area contributed by atoms with Gasteiger partial charge in [-0.25, -0.2) is 4.98 Å². The molecule has 124 valence electrons. The van der Waals surface area contributed by atoms with Gasteiger partial charge in [-0.1, -0.05) is 12.8 Å². The van der Waals surface area contributed by atoms with Crippen molar-refractivity contribution in [1.82, 2.24) is 24.5 Å². The molecule has 0 amide bonds. The van der Waals surface area contributed by atoms with Gasteiger partial charge in [0.1, 0.15) is 12.1 Å². The van der Waals surface area contributed by atoms with Gasteiger partial charge in [0.15, 0.2) is 0 Å². The monoisotopic (exact) mass is 314 g/mol. The summed E-state index contributed by atoms with van der Waals surface area (Å²) < 4.78 is 1.89. The molecule has 1 unspecified atom stereocenters. The van der Waals surface area contributed by atoms with Crippen LogP contribution in [-0.2, 0) is 0 Å². The minimum Gasteiger partial charge on any atom is -0.355 e. The first-order chi connectivity index (χ1) is 11.3. The maximum absolute atomic E-state index is 4.46. The molecule has 2 aliphatic heterocycles. The van der Waals surface area contributed by atoms with Crippen molar-refractivity contribution in [2.45, 2.75) is 51.5 Å². The predicted molar refractivity (Wildman–Crippen MR) is 90.8 cm³/mol. The quantitative estimate of drug-likeness (QED) is 0.851. The van der Waals surface area contributed by atoms with Crippen molar-refractivity contribution in [1.29, 1.82) is 0 Å². The van der Waals surface area contributed by atoms with Gasteiger partial charge in [-0.15, -0.1) is 0 Å². The van der Waals surface area contributed by atoms with E-state index >= 15 is 0 Å². The molecule has 6 nitrogen and oxygen atoms in total. The molecule has 0 spiro atoms. The Bertz CT molecular complexity index is 658. The van der Waals surface area contributed by atoms with Crippen molar-refractivity contribution in [2.75, 3.05) is 31.1 Å². The highest BCUT2D eigenvalue weighted by atomic mass is 15.4. The molecular weight excluding hydrogens is 288 g/mol. The number of aryl methyl sites for hydroxylation is 1. The third kappa shape index (κ3) is 3.04. The number of piperidine rings is 1. The number of likely N-dealkylation sites (tertiary alicyclic amines) is 1. The van der Waals surface area contributed by atoms with Gasteiger partial charge in [0.25, 0.3) is 5.78 Å². The highest BCUT2D eigenvalue weighted by molar-refractivity contribution is 5.47. The lowest BCUT2D eigenvalue weighted by atomic mass is 10.0. The second kappa shape index (κ2) is 6.43. The Morgan fingerprint density at radius 2 is 1.87 bits per heavy atom. The van der Waals surface area contributed by atoms with Gasteiger partial charge < -0.3 is 4.90 Å². The first-order valence-corrected chi connectivity index (χ1v) is 8.97. The molecule has 2 aromatic heterocycles. The Hall–Kier alpha value is -1.69. The summed E-state index contributed by atoms with van der Waals surface area (Å²) in [5.41, 5.74) is 1.01. The first kappa shape index (κ1) is 14.9. The molecule has 6 heteroatoms. The minimum atomic E-state index is 0.675. The van der Waals surface area contributed by atoms with Crippen LogP contribution < -0.4 is 4.90 Å². The van der Waals surface area contributed by atoms with Gasteiger partial charge in [-0.3, -0.25) is 4.90 Å². The van der Waals surface area contributed by atoms with Crippen LogP contribution in [0.1, 0.15) is 44.2 Å². The second-order valence-electron chi connectivity index (χ2n) is 6.92. The average Bonchev–Trinajstić information content (AvgIpc) is 2.87. The third-order valence-electron chi connectivity index (χ3n) is 5.24. The van der Waals surface area contributed by atoms with Gasteiger partial charge >= 0.3 is 0 Å². The van der Waals surface area contributed by atoms with Crippen molar-refractivity contribution in [3.63, 3.8) is 0 Å². The summed E-state index contributed by atoms with van der Waals surface area (Å²) >= 11 is 0. The zero-order chi connectivity index (χ0) is 15.6. The molecule has 0 N–H and O–H groups in total. The normalized spacial score (nSPS) is 24.0. The van der Waals surface area contributed by atoms with Crippen LogP contribution in [0.2, 0.25) is 0 Å². The van der Waals surface area contributed by atoms with E-state index in [9.17, 15) is 0 Å². The molecule has 0 saturated carbocycles. The fourth-order valence-corrected chi connectivity index (χ4v) is 4.06. The van der Waals surface area contributed by atoms with Crippen molar-refractivity contribution < 1.29 is 0 Å². The van der Waals surface area contributed by atoms with Gasteiger partial charge in [-0.2, -0.15) is 14.6 Å². The van der Waals surface area contributed by atoms with Crippen LogP contribution >= 0.6 is 0 Å². The van der Waals surface area contributed by atoms with E-state index in [1.807, 2.05) is 11.4 Å². The van der Waals surface area contributed by atoms with E-state index in [1.54, 1.807) is 6.33 Å². The van der Waals surface area contributed by atoms with Gasteiger partial charge in [0.05, 0.1) is 0 Å². The van der Waals surface area contributed by atoms with Crippen molar-refractivity contribution in [3.8, 4) is 0 Å². The van der Waals surface area contributed by atoms with Crippen molar-refractivity contribution in [2.24, 2.45) is 0 Å². The number of anilines is 1. The lowest BCUT2D eigenvalue weighted by molar-refractivity contribution is 0.181. The average molecular weight is 314 g/mol. The zero-order valence-corrected chi connectivity index (χ0v) is 14.0. The maximum atomic E-state index is 4.46. The number of nitrogens with zero attached hydrogens (tertiary/aromatic N) is 6. The maximum Gasteiger partial charge on any atom is 0.254 e. The Balaban J connectivity index is 1.57. The fraction of sp³-hybridized carbons (Fsp3) is 0.706. The van der Waals surface area contributed by atoms with E-state index in [-0.39, 0.29) is 0 Å².